The summed E-state index contributed by atoms with van der Waals surface area (Å²) in [6, 6.07) is 10.8. The SMILES string of the molecule is CCc1ccc(C(C)Nc2nnc(C)c(C)c2C#N)cc1. The molecule has 2 rings (SSSR count). The molecule has 0 saturated heterocycles. The van der Waals surface area contributed by atoms with Gasteiger partial charge in [0.25, 0.3) is 0 Å². The van der Waals surface area contributed by atoms with Crippen LogP contribution in [0.15, 0.2) is 24.3 Å². The average molecular weight is 280 g/mol. The number of hydrogen-bond acceptors (Lipinski definition) is 4. The van der Waals surface area contributed by atoms with Gasteiger partial charge in [-0.2, -0.15) is 10.4 Å². The van der Waals surface area contributed by atoms with E-state index in [1.807, 2.05) is 13.8 Å². The van der Waals surface area contributed by atoms with Crippen molar-refractivity contribution >= 4 is 5.82 Å². The molecule has 1 heterocycles. The van der Waals surface area contributed by atoms with Crippen LogP contribution in [0.2, 0.25) is 0 Å². The van der Waals surface area contributed by atoms with E-state index < -0.39 is 0 Å². The minimum Gasteiger partial charge on any atom is -0.361 e. The Kier molecular flexibility index (Phi) is 4.54. The van der Waals surface area contributed by atoms with Gasteiger partial charge in [0.2, 0.25) is 0 Å². The normalized spacial score (nSPS) is 11.8. The van der Waals surface area contributed by atoms with Crippen molar-refractivity contribution in [2.24, 2.45) is 0 Å². The van der Waals surface area contributed by atoms with E-state index in [1.54, 1.807) is 0 Å². The van der Waals surface area contributed by atoms with E-state index in [0.717, 1.165) is 23.2 Å². The summed E-state index contributed by atoms with van der Waals surface area (Å²) in [4.78, 5) is 0. The molecule has 2 aromatic rings. The molecule has 0 spiro atoms. The second-order valence-electron chi connectivity index (χ2n) is 5.21. The smallest absolute Gasteiger partial charge is 0.167 e. The monoisotopic (exact) mass is 280 g/mol. The third-order valence-corrected chi connectivity index (χ3v) is 3.81. The van der Waals surface area contributed by atoms with Crippen molar-refractivity contribution in [3.8, 4) is 6.07 Å². The molecule has 0 bridgehead atoms. The molecule has 0 saturated carbocycles. The van der Waals surface area contributed by atoms with E-state index in [1.165, 1.54) is 5.56 Å². The first-order valence-electron chi connectivity index (χ1n) is 7.16. The number of benzene rings is 1. The third-order valence-electron chi connectivity index (χ3n) is 3.81. The van der Waals surface area contributed by atoms with Gasteiger partial charge in [-0.15, -0.1) is 5.10 Å². The molecular formula is C17H20N4. The fraction of sp³-hybridized carbons (Fsp3) is 0.353. The summed E-state index contributed by atoms with van der Waals surface area (Å²) in [5, 5.41) is 20.8. The largest absolute Gasteiger partial charge is 0.361 e. The van der Waals surface area contributed by atoms with Gasteiger partial charge in [-0.05, 0) is 43.9 Å². The first-order valence-corrected chi connectivity index (χ1v) is 7.16. The van der Waals surface area contributed by atoms with Crippen molar-refractivity contribution in [2.75, 3.05) is 5.32 Å². The highest BCUT2D eigenvalue weighted by molar-refractivity contribution is 5.56. The first kappa shape index (κ1) is 15.0. The Hall–Kier alpha value is -2.41. The lowest BCUT2D eigenvalue weighted by Gasteiger charge is -2.17. The Balaban J connectivity index is 2.25. The molecule has 4 heteroatoms. The molecule has 0 fully saturated rings. The van der Waals surface area contributed by atoms with Crippen LogP contribution in [0.3, 0.4) is 0 Å². The maximum absolute atomic E-state index is 9.32. The molecule has 1 aromatic heterocycles. The molecule has 21 heavy (non-hydrogen) atoms. The van der Waals surface area contributed by atoms with Gasteiger partial charge in [-0.3, -0.25) is 0 Å². The molecule has 1 unspecified atom stereocenters. The van der Waals surface area contributed by atoms with Gasteiger partial charge in [0.15, 0.2) is 5.82 Å². The number of aryl methyl sites for hydroxylation is 2. The number of nitrogens with one attached hydrogen (secondary N) is 1. The summed E-state index contributed by atoms with van der Waals surface area (Å²) in [5.41, 5.74) is 4.71. The maximum Gasteiger partial charge on any atom is 0.167 e. The first-order chi connectivity index (χ1) is 10.1. The lowest BCUT2D eigenvalue weighted by atomic mass is 10.0. The predicted octanol–water partition coefficient (Wildman–Crippen LogP) is 3.70. The predicted molar refractivity (Wildman–Crippen MR) is 84.1 cm³/mol. The summed E-state index contributed by atoms with van der Waals surface area (Å²) in [7, 11) is 0. The zero-order valence-electron chi connectivity index (χ0n) is 12.9. The van der Waals surface area contributed by atoms with Crippen LogP contribution in [-0.2, 0) is 6.42 Å². The molecule has 1 aromatic carbocycles. The summed E-state index contributed by atoms with van der Waals surface area (Å²) >= 11 is 0. The highest BCUT2D eigenvalue weighted by Crippen LogP contribution is 2.23. The van der Waals surface area contributed by atoms with Crippen LogP contribution >= 0.6 is 0 Å². The number of nitrogens with zero attached hydrogens (tertiary/aromatic N) is 3. The fourth-order valence-electron chi connectivity index (χ4n) is 2.18. The average Bonchev–Trinajstić information content (AvgIpc) is 2.51. The minimum atomic E-state index is 0.0689. The Morgan fingerprint density at radius 3 is 2.43 bits per heavy atom. The Labute approximate surface area is 125 Å². The van der Waals surface area contributed by atoms with Gasteiger partial charge in [-0.25, -0.2) is 0 Å². The van der Waals surface area contributed by atoms with Crippen LogP contribution < -0.4 is 5.32 Å². The van der Waals surface area contributed by atoms with Crippen molar-refractivity contribution in [1.29, 1.82) is 5.26 Å². The zero-order valence-corrected chi connectivity index (χ0v) is 12.9. The zero-order chi connectivity index (χ0) is 15.4. The topological polar surface area (TPSA) is 61.6 Å². The second kappa shape index (κ2) is 6.36. The maximum atomic E-state index is 9.32. The van der Waals surface area contributed by atoms with Crippen molar-refractivity contribution < 1.29 is 0 Å². The van der Waals surface area contributed by atoms with Gasteiger partial charge in [-0.1, -0.05) is 31.2 Å². The van der Waals surface area contributed by atoms with E-state index in [-0.39, 0.29) is 6.04 Å². The lowest BCUT2D eigenvalue weighted by molar-refractivity contribution is 0.848. The summed E-state index contributed by atoms with van der Waals surface area (Å²) in [6.45, 7) is 7.95. The highest BCUT2D eigenvalue weighted by Gasteiger charge is 2.13. The molecule has 0 aliphatic carbocycles. The molecular weight excluding hydrogens is 260 g/mol. The Bertz CT molecular complexity index is 668. The van der Waals surface area contributed by atoms with Crippen LogP contribution in [0.5, 0.6) is 0 Å². The second-order valence-corrected chi connectivity index (χ2v) is 5.21. The summed E-state index contributed by atoms with van der Waals surface area (Å²) < 4.78 is 0. The molecule has 1 N–H and O–H groups in total. The van der Waals surface area contributed by atoms with Gasteiger partial charge < -0.3 is 5.32 Å². The standard InChI is InChI=1S/C17H20N4/c1-5-14-6-8-15(9-7-14)13(4)19-17-16(10-18)11(2)12(3)20-21-17/h6-9,13H,5H2,1-4H3,(H,19,21). The highest BCUT2D eigenvalue weighted by atomic mass is 15.2. The van der Waals surface area contributed by atoms with E-state index >= 15 is 0 Å². The number of aromatic nitrogens is 2. The van der Waals surface area contributed by atoms with Gasteiger partial charge in [0.1, 0.15) is 11.6 Å². The van der Waals surface area contributed by atoms with Gasteiger partial charge >= 0.3 is 0 Å². The van der Waals surface area contributed by atoms with E-state index in [2.05, 4.69) is 59.7 Å². The van der Waals surface area contributed by atoms with Crippen LogP contribution in [0, 0.1) is 25.2 Å². The van der Waals surface area contributed by atoms with Gasteiger partial charge in [0.05, 0.1) is 11.7 Å². The van der Waals surface area contributed by atoms with Gasteiger partial charge in [0, 0.05) is 0 Å². The quantitative estimate of drug-likeness (QED) is 0.927. The van der Waals surface area contributed by atoms with Crippen LogP contribution in [0.1, 0.15) is 47.8 Å². The van der Waals surface area contributed by atoms with Crippen LogP contribution in [-0.4, -0.2) is 10.2 Å². The van der Waals surface area contributed by atoms with E-state index in [0.29, 0.717) is 11.4 Å². The minimum absolute atomic E-state index is 0.0689. The van der Waals surface area contributed by atoms with Crippen molar-refractivity contribution in [1.82, 2.24) is 10.2 Å². The molecule has 0 aliphatic heterocycles. The Morgan fingerprint density at radius 1 is 1.19 bits per heavy atom. The molecule has 4 nitrogen and oxygen atoms in total. The molecule has 0 radical (unpaired) electrons. The lowest BCUT2D eigenvalue weighted by Crippen LogP contribution is -2.11. The van der Waals surface area contributed by atoms with E-state index in [4.69, 9.17) is 0 Å². The summed E-state index contributed by atoms with van der Waals surface area (Å²) in [5.74, 6) is 0.549. The molecule has 1 atom stereocenters. The van der Waals surface area contributed by atoms with Crippen molar-refractivity contribution in [3.05, 3.63) is 52.2 Å². The van der Waals surface area contributed by atoms with E-state index in [9.17, 15) is 5.26 Å². The van der Waals surface area contributed by atoms with Crippen molar-refractivity contribution in [3.63, 3.8) is 0 Å². The molecule has 108 valence electrons. The van der Waals surface area contributed by atoms with Crippen LogP contribution in [0.4, 0.5) is 5.82 Å². The molecule has 0 amide bonds. The fourth-order valence-corrected chi connectivity index (χ4v) is 2.18. The summed E-state index contributed by atoms with van der Waals surface area (Å²) in [6.07, 6.45) is 1.03. The number of rotatable bonds is 4. The number of hydrogen-bond donors (Lipinski definition) is 1. The van der Waals surface area contributed by atoms with Crippen molar-refractivity contribution in [2.45, 2.75) is 40.2 Å². The third kappa shape index (κ3) is 3.19. The molecule has 0 aliphatic rings. The number of anilines is 1. The Morgan fingerprint density at radius 2 is 1.86 bits per heavy atom. The van der Waals surface area contributed by atoms with Crippen LogP contribution in [0.25, 0.3) is 0 Å². The number of nitriles is 1.